The van der Waals surface area contributed by atoms with Crippen molar-refractivity contribution in [2.75, 3.05) is 6.61 Å². The highest BCUT2D eigenvalue weighted by atomic mass is 79.9. The molecule has 0 bridgehead atoms. The SMILES string of the molecule is Cl.O=C1N[C@@H](c2ccc(Cl)cc2Br)CCO1. The molecule has 1 aromatic carbocycles. The maximum absolute atomic E-state index is 11.1. The van der Waals surface area contributed by atoms with E-state index in [1.165, 1.54) is 0 Å². The molecule has 1 aliphatic heterocycles. The molecule has 1 aromatic rings. The van der Waals surface area contributed by atoms with Crippen molar-refractivity contribution in [3.05, 3.63) is 33.3 Å². The Kier molecular flexibility index (Phi) is 4.89. The lowest BCUT2D eigenvalue weighted by atomic mass is 10.0. The van der Waals surface area contributed by atoms with Crippen LogP contribution in [0.25, 0.3) is 0 Å². The molecule has 0 aliphatic carbocycles. The molecular formula is C10H10BrCl2NO2. The Morgan fingerprint density at radius 3 is 2.88 bits per heavy atom. The third-order valence-electron chi connectivity index (χ3n) is 2.27. The van der Waals surface area contributed by atoms with Gasteiger partial charge in [-0.2, -0.15) is 0 Å². The second-order valence-electron chi connectivity index (χ2n) is 3.29. The van der Waals surface area contributed by atoms with Gasteiger partial charge in [0, 0.05) is 15.9 Å². The van der Waals surface area contributed by atoms with E-state index in [-0.39, 0.29) is 24.5 Å². The fourth-order valence-electron chi connectivity index (χ4n) is 1.54. The summed E-state index contributed by atoms with van der Waals surface area (Å²) < 4.78 is 5.71. The first-order valence-corrected chi connectivity index (χ1v) is 5.72. The minimum atomic E-state index is -0.367. The lowest BCUT2D eigenvalue weighted by molar-refractivity contribution is 0.115. The zero-order valence-electron chi connectivity index (χ0n) is 8.20. The van der Waals surface area contributed by atoms with Crippen molar-refractivity contribution >= 4 is 46.0 Å². The first kappa shape index (κ1) is 13.6. The molecule has 2 rings (SSSR count). The molecule has 0 radical (unpaired) electrons. The van der Waals surface area contributed by atoms with Crippen molar-refractivity contribution in [2.45, 2.75) is 12.5 Å². The smallest absolute Gasteiger partial charge is 0.407 e. The quantitative estimate of drug-likeness (QED) is 0.854. The molecule has 0 unspecified atom stereocenters. The summed E-state index contributed by atoms with van der Waals surface area (Å²) in [4.78, 5) is 11.1. The normalized spacial score (nSPS) is 19.4. The number of ether oxygens (including phenoxy) is 1. The average molecular weight is 327 g/mol. The number of amides is 1. The van der Waals surface area contributed by atoms with Crippen LogP contribution in [0.1, 0.15) is 18.0 Å². The van der Waals surface area contributed by atoms with Gasteiger partial charge in [0.2, 0.25) is 0 Å². The van der Waals surface area contributed by atoms with Crippen LogP contribution in [-0.2, 0) is 4.74 Å². The molecule has 0 aromatic heterocycles. The van der Waals surface area contributed by atoms with Gasteiger partial charge in [0.1, 0.15) is 0 Å². The molecule has 1 heterocycles. The monoisotopic (exact) mass is 325 g/mol. The lowest BCUT2D eigenvalue weighted by Crippen LogP contribution is -2.35. The third-order valence-corrected chi connectivity index (χ3v) is 3.19. The molecule has 0 spiro atoms. The van der Waals surface area contributed by atoms with Gasteiger partial charge in [-0.1, -0.05) is 33.6 Å². The summed E-state index contributed by atoms with van der Waals surface area (Å²) in [6.45, 7) is 0.450. The van der Waals surface area contributed by atoms with Gasteiger partial charge in [-0.05, 0) is 17.7 Å². The molecule has 1 saturated heterocycles. The molecule has 1 aliphatic rings. The van der Waals surface area contributed by atoms with Crippen LogP contribution in [0, 0.1) is 0 Å². The summed E-state index contributed by atoms with van der Waals surface area (Å²) in [6, 6.07) is 5.53. The van der Waals surface area contributed by atoms with E-state index in [0.29, 0.717) is 11.6 Å². The van der Waals surface area contributed by atoms with Crippen molar-refractivity contribution in [3.8, 4) is 0 Å². The number of cyclic esters (lactones) is 1. The van der Waals surface area contributed by atoms with E-state index >= 15 is 0 Å². The second-order valence-corrected chi connectivity index (χ2v) is 4.58. The van der Waals surface area contributed by atoms with Crippen LogP contribution in [0.15, 0.2) is 22.7 Å². The van der Waals surface area contributed by atoms with E-state index in [1.807, 2.05) is 18.2 Å². The second kappa shape index (κ2) is 5.75. The van der Waals surface area contributed by atoms with Crippen molar-refractivity contribution in [1.82, 2.24) is 5.32 Å². The molecule has 88 valence electrons. The summed E-state index contributed by atoms with van der Waals surface area (Å²) in [5, 5.41) is 3.43. The standard InChI is InChI=1S/C10H9BrClNO2.ClH/c11-8-5-6(12)1-2-7(8)9-3-4-15-10(14)13-9;/h1-2,5,9H,3-4H2,(H,13,14);1H/t9-;/m1./s1. The van der Waals surface area contributed by atoms with Gasteiger partial charge in [-0.25, -0.2) is 4.79 Å². The Morgan fingerprint density at radius 1 is 1.50 bits per heavy atom. The highest BCUT2D eigenvalue weighted by molar-refractivity contribution is 9.10. The van der Waals surface area contributed by atoms with Gasteiger partial charge >= 0.3 is 6.09 Å². The van der Waals surface area contributed by atoms with Gasteiger partial charge < -0.3 is 10.1 Å². The largest absolute Gasteiger partial charge is 0.449 e. The number of rotatable bonds is 1. The molecular weight excluding hydrogens is 317 g/mol. The molecule has 1 amide bonds. The Hall–Kier alpha value is -0.450. The molecule has 0 saturated carbocycles. The third kappa shape index (κ3) is 3.03. The Morgan fingerprint density at radius 2 is 2.25 bits per heavy atom. The number of hydrogen-bond acceptors (Lipinski definition) is 2. The minimum Gasteiger partial charge on any atom is -0.449 e. The number of nitrogens with one attached hydrogen (secondary N) is 1. The van der Waals surface area contributed by atoms with E-state index in [2.05, 4.69) is 21.2 Å². The maximum Gasteiger partial charge on any atom is 0.407 e. The van der Waals surface area contributed by atoms with Crippen molar-refractivity contribution in [1.29, 1.82) is 0 Å². The number of halogens is 3. The fourth-order valence-corrected chi connectivity index (χ4v) is 2.50. The minimum absolute atomic E-state index is 0. The highest BCUT2D eigenvalue weighted by Gasteiger charge is 2.22. The Bertz CT molecular complexity index is 400. The van der Waals surface area contributed by atoms with Crippen LogP contribution in [0.5, 0.6) is 0 Å². The summed E-state index contributed by atoms with van der Waals surface area (Å²) in [6.07, 6.45) is 0.402. The van der Waals surface area contributed by atoms with Crippen LogP contribution in [0.4, 0.5) is 4.79 Å². The van der Waals surface area contributed by atoms with Crippen molar-refractivity contribution in [2.24, 2.45) is 0 Å². The summed E-state index contributed by atoms with van der Waals surface area (Å²) in [5.74, 6) is 0. The van der Waals surface area contributed by atoms with Crippen LogP contribution in [0.2, 0.25) is 5.02 Å². The van der Waals surface area contributed by atoms with E-state index in [9.17, 15) is 4.79 Å². The lowest BCUT2D eigenvalue weighted by Gasteiger charge is -2.24. The number of alkyl carbamates (subject to hydrolysis) is 1. The molecule has 1 fully saturated rings. The first-order chi connectivity index (χ1) is 7.16. The number of benzene rings is 1. The van der Waals surface area contributed by atoms with E-state index in [0.717, 1.165) is 16.5 Å². The summed E-state index contributed by atoms with van der Waals surface area (Å²) in [5.41, 5.74) is 1.02. The van der Waals surface area contributed by atoms with Crippen molar-refractivity contribution < 1.29 is 9.53 Å². The number of hydrogen-bond donors (Lipinski definition) is 1. The van der Waals surface area contributed by atoms with E-state index in [1.54, 1.807) is 0 Å². The molecule has 6 heteroatoms. The van der Waals surface area contributed by atoms with Gasteiger partial charge in [0.25, 0.3) is 0 Å². The zero-order chi connectivity index (χ0) is 10.8. The molecule has 1 atom stereocenters. The molecule has 16 heavy (non-hydrogen) atoms. The van der Waals surface area contributed by atoms with Crippen LogP contribution < -0.4 is 5.32 Å². The predicted molar refractivity (Wildman–Crippen MR) is 68.2 cm³/mol. The predicted octanol–water partition coefficient (Wildman–Crippen LogP) is 3.70. The van der Waals surface area contributed by atoms with Crippen LogP contribution in [-0.4, -0.2) is 12.7 Å². The van der Waals surface area contributed by atoms with Crippen molar-refractivity contribution in [3.63, 3.8) is 0 Å². The summed E-state index contributed by atoms with van der Waals surface area (Å²) >= 11 is 9.27. The van der Waals surface area contributed by atoms with Gasteiger partial charge in [-0.3, -0.25) is 0 Å². The van der Waals surface area contributed by atoms with Crippen LogP contribution in [0.3, 0.4) is 0 Å². The number of carbonyl (C=O) groups excluding carboxylic acids is 1. The molecule has 3 nitrogen and oxygen atoms in total. The zero-order valence-corrected chi connectivity index (χ0v) is 11.4. The summed E-state index contributed by atoms with van der Waals surface area (Å²) in [7, 11) is 0. The maximum atomic E-state index is 11.1. The van der Waals surface area contributed by atoms with E-state index < -0.39 is 0 Å². The Balaban J connectivity index is 0.00000128. The fraction of sp³-hybridized carbons (Fsp3) is 0.300. The molecule has 1 N–H and O–H groups in total. The van der Waals surface area contributed by atoms with E-state index in [4.69, 9.17) is 16.3 Å². The highest BCUT2D eigenvalue weighted by Crippen LogP contribution is 2.29. The van der Waals surface area contributed by atoms with Gasteiger partial charge in [-0.15, -0.1) is 12.4 Å². The average Bonchev–Trinajstić information content (AvgIpc) is 2.17. The first-order valence-electron chi connectivity index (χ1n) is 4.55. The Labute approximate surface area is 113 Å². The van der Waals surface area contributed by atoms with Gasteiger partial charge in [0.05, 0.1) is 12.6 Å². The number of carbonyl (C=O) groups is 1. The topological polar surface area (TPSA) is 38.3 Å². The van der Waals surface area contributed by atoms with Gasteiger partial charge in [0.15, 0.2) is 0 Å². The van der Waals surface area contributed by atoms with Crippen LogP contribution >= 0.6 is 39.9 Å².